The molecule has 0 aliphatic carbocycles. The lowest BCUT2D eigenvalue weighted by molar-refractivity contribution is -0.129. The van der Waals surface area contributed by atoms with Gasteiger partial charge in [0.25, 0.3) is 0 Å². The van der Waals surface area contributed by atoms with Crippen LogP contribution in [0.5, 0.6) is 0 Å². The number of carbonyl (C=O) groups is 1. The number of nitrogens with zero attached hydrogens (tertiary/aromatic N) is 1. The predicted molar refractivity (Wildman–Crippen MR) is 61.2 cm³/mol. The first kappa shape index (κ1) is 13.5. The van der Waals surface area contributed by atoms with Crippen LogP contribution in [0.25, 0.3) is 0 Å². The number of hydrogen-bond acceptors (Lipinski definition) is 1. The molecule has 1 fully saturated rings. The van der Waals surface area contributed by atoms with Gasteiger partial charge in [-0.1, -0.05) is 27.7 Å². The lowest BCUT2D eigenvalue weighted by Crippen LogP contribution is -2.33. The zero-order valence-electron chi connectivity index (χ0n) is 10.4. The van der Waals surface area contributed by atoms with Crippen LogP contribution in [0.3, 0.4) is 0 Å². The SMILES string of the molecule is CC(=O)N1CCCCC1.CC(C)(C)C. The molecule has 1 aliphatic heterocycles. The van der Waals surface area contributed by atoms with Crippen molar-refractivity contribution in [3.8, 4) is 0 Å². The lowest BCUT2D eigenvalue weighted by atomic mass is 10.0. The van der Waals surface area contributed by atoms with Crippen LogP contribution in [0.15, 0.2) is 0 Å². The molecule has 0 unspecified atom stereocenters. The first-order chi connectivity index (χ1) is 6.30. The maximum atomic E-state index is 10.7. The summed E-state index contributed by atoms with van der Waals surface area (Å²) in [5.74, 6) is 0.231. The summed E-state index contributed by atoms with van der Waals surface area (Å²) in [4.78, 5) is 12.6. The Kier molecular flexibility index (Phi) is 5.82. The minimum atomic E-state index is 0.231. The first-order valence-corrected chi connectivity index (χ1v) is 5.56. The van der Waals surface area contributed by atoms with Gasteiger partial charge in [-0.15, -0.1) is 0 Å². The molecule has 0 saturated carbocycles. The van der Waals surface area contributed by atoms with Crippen molar-refractivity contribution in [2.45, 2.75) is 53.9 Å². The lowest BCUT2D eigenvalue weighted by Gasteiger charge is -2.24. The number of amides is 1. The van der Waals surface area contributed by atoms with Gasteiger partial charge in [-0.25, -0.2) is 0 Å². The number of likely N-dealkylation sites (tertiary alicyclic amines) is 1. The van der Waals surface area contributed by atoms with Crippen molar-refractivity contribution < 1.29 is 4.79 Å². The molecule has 2 heteroatoms. The van der Waals surface area contributed by atoms with Crippen LogP contribution in [0.1, 0.15) is 53.9 Å². The summed E-state index contributed by atoms with van der Waals surface area (Å²) in [5, 5.41) is 0. The van der Waals surface area contributed by atoms with E-state index in [0.717, 1.165) is 13.1 Å². The fourth-order valence-corrected chi connectivity index (χ4v) is 1.21. The molecule has 0 radical (unpaired) electrons. The summed E-state index contributed by atoms with van der Waals surface area (Å²) in [5.41, 5.74) is 0.500. The highest BCUT2D eigenvalue weighted by Crippen LogP contribution is 2.08. The van der Waals surface area contributed by atoms with Gasteiger partial charge in [0.2, 0.25) is 5.91 Å². The van der Waals surface area contributed by atoms with E-state index in [0.29, 0.717) is 5.41 Å². The second-order valence-corrected chi connectivity index (χ2v) is 5.57. The second-order valence-electron chi connectivity index (χ2n) is 5.57. The molecule has 84 valence electrons. The van der Waals surface area contributed by atoms with Gasteiger partial charge in [0.1, 0.15) is 0 Å². The van der Waals surface area contributed by atoms with Crippen molar-refractivity contribution in [1.82, 2.24) is 4.90 Å². The van der Waals surface area contributed by atoms with Crippen molar-refractivity contribution in [3.63, 3.8) is 0 Å². The third-order valence-electron chi connectivity index (χ3n) is 1.80. The van der Waals surface area contributed by atoms with E-state index in [1.807, 2.05) is 4.90 Å². The van der Waals surface area contributed by atoms with E-state index in [1.54, 1.807) is 6.92 Å². The molecule has 1 saturated heterocycles. The Labute approximate surface area is 88.7 Å². The smallest absolute Gasteiger partial charge is 0.219 e. The van der Waals surface area contributed by atoms with E-state index in [-0.39, 0.29) is 5.91 Å². The van der Waals surface area contributed by atoms with E-state index in [4.69, 9.17) is 0 Å². The van der Waals surface area contributed by atoms with Gasteiger partial charge in [-0.05, 0) is 24.7 Å². The Bertz CT molecular complexity index is 158. The molecule has 0 aromatic rings. The van der Waals surface area contributed by atoms with Crippen molar-refractivity contribution >= 4 is 5.91 Å². The van der Waals surface area contributed by atoms with Crippen LogP contribution in [0.4, 0.5) is 0 Å². The van der Waals surface area contributed by atoms with Gasteiger partial charge in [-0.3, -0.25) is 4.79 Å². The van der Waals surface area contributed by atoms with Gasteiger partial charge in [-0.2, -0.15) is 0 Å². The van der Waals surface area contributed by atoms with Crippen LogP contribution >= 0.6 is 0 Å². The molecule has 0 aromatic carbocycles. The quantitative estimate of drug-likeness (QED) is 0.587. The highest BCUT2D eigenvalue weighted by molar-refractivity contribution is 5.73. The molecule has 14 heavy (non-hydrogen) atoms. The molecule has 1 aliphatic rings. The van der Waals surface area contributed by atoms with Gasteiger partial charge >= 0.3 is 0 Å². The molecule has 2 nitrogen and oxygen atoms in total. The largest absolute Gasteiger partial charge is 0.343 e. The monoisotopic (exact) mass is 199 g/mol. The molecule has 1 rings (SSSR count). The topological polar surface area (TPSA) is 20.3 Å². The Balaban J connectivity index is 0.000000292. The maximum Gasteiger partial charge on any atom is 0.219 e. The number of carbonyl (C=O) groups excluding carboxylic acids is 1. The van der Waals surface area contributed by atoms with Crippen LogP contribution in [0, 0.1) is 5.41 Å². The maximum absolute atomic E-state index is 10.7. The third kappa shape index (κ3) is 9.56. The average molecular weight is 199 g/mol. The van der Waals surface area contributed by atoms with Gasteiger partial charge in [0.05, 0.1) is 0 Å². The van der Waals surface area contributed by atoms with Crippen LogP contribution in [-0.2, 0) is 4.79 Å². The first-order valence-electron chi connectivity index (χ1n) is 5.56. The molecule has 0 atom stereocenters. The van der Waals surface area contributed by atoms with Crippen molar-refractivity contribution in [1.29, 1.82) is 0 Å². The molecule has 0 aromatic heterocycles. The van der Waals surface area contributed by atoms with E-state index >= 15 is 0 Å². The molecule has 1 heterocycles. The van der Waals surface area contributed by atoms with Crippen molar-refractivity contribution in [3.05, 3.63) is 0 Å². The molecule has 1 amide bonds. The van der Waals surface area contributed by atoms with Crippen LogP contribution in [0.2, 0.25) is 0 Å². The fraction of sp³-hybridized carbons (Fsp3) is 0.917. The normalized spacial score (nSPS) is 17.1. The summed E-state index contributed by atoms with van der Waals surface area (Å²) in [6, 6.07) is 0. The Morgan fingerprint density at radius 3 is 1.57 bits per heavy atom. The molecule has 0 spiro atoms. The van der Waals surface area contributed by atoms with Crippen LogP contribution < -0.4 is 0 Å². The second kappa shape index (κ2) is 6.05. The standard InChI is InChI=1S/C7H13NO.C5H12/c1-7(9)8-5-3-2-4-6-8;1-5(2,3)4/h2-6H2,1H3;1-4H3. The molecular formula is C12H25NO. The van der Waals surface area contributed by atoms with E-state index in [2.05, 4.69) is 27.7 Å². The third-order valence-corrected chi connectivity index (χ3v) is 1.80. The molecular weight excluding hydrogens is 174 g/mol. The van der Waals surface area contributed by atoms with Gasteiger partial charge < -0.3 is 4.90 Å². The zero-order chi connectivity index (χ0) is 11.2. The summed E-state index contributed by atoms with van der Waals surface area (Å²) in [6.45, 7) is 12.4. The minimum Gasteiger partial charge on any atom is -0.343 e. The van der Waals surface area contributed by atoms with E-state index < -0.39 is 0 Å². The zero-order valence-corrected chi connectivity index (χ0v) is 10.4. The average Bonchev–Trinajstić information content (AvgIpc) is 2.03. The van der Waals surface area contributed by atoms with Gasteiger partial charge in [0.15, 0.2) is 0 Å². The molecule has 0 bridgehead atoms. The predicted octanol–water partition coefficient (Wildman–Crippen LogP) is 3.07. The van der Waals surface area contributed by atoms with Gasteiger partial charge in [0, 0.05) is 20.0 Å². The summed E-state index contributed by atoms with van der Waals surface area (Å²) in [7, 11) is 0. The minimum absolute atomic E-state index is 0.231. The highest BCUT2D eigenvalue weighted by Gasteiger charge is 2.10. The van der Waals surface area contributed by atoms with Crippen LogP contribution in [-0.4, -0.2) is 23.9 Å². The Morgan fingerprint density at radius 1 is 1.00 bits per heavy atom. The van der Waals surface area contributed by atoms with Crippen molar-refractivity contribution in [2.24, 2.45) is 5.41 Å². The summed E-state index contributed by atoms with van der Waals surface area (Å²) >= 11 is 0. The molecule has 0 N–H and O–H groups in total. The number of hydrogen-bond donors (Lipinski definition) is 0. The Morgan fingerprint density at radius 2 is 1.36 bits per heavy atom. The number of rotatable bonds is 0. The number of piperidine rings is 1. The Hall–Kier alpha value is -0.530. The fourth-order valence-electron chi connectivity index (χ4n) is 1.21. The summed E-state index contributed by atoms with van der Waals surface area (Å²) in [6.07, 6.45) is 3.68. The van der Waals surface area contributed by atoms with E-state index in [1.165, 1.54) is 19.3 Å². The summed E-state index contributed by atoms with van der Waals surface area (Å²) < 4.78 is 0. The van der Waals surface area contributed by atoms with E-state index in [9.17, 15) is 4.79 Å². The highest BCUT2D eigenvalue weighted by atomic mass is 16.2. The van der Waals surface area contributed by atoms with Crippen molar-refractivity contribution in [2.75, 3.05) is 13.1 Å².